The van der Waals surface area contributed by atoms with E-state index in [0.717, 1.165) is 17.3 Å². The van der Waals surface area contributed by atoms with Crippen LogP contribution in [0, 0.1) is 0 Å². The molecule has 0 radical (unpaired) electrons. The summed E-state index contributed by atoms with van der Waals surface area (Å²) in [7, 11) is 0. The van der Waals surface area contributed by atoms with E-state index in [0.29, 0.717) is 5.56 Å². The van der Waals surface area contributed by atoms with E-state index in [4.69, 9.17) is 15.9 Å². The number of nitrogens with two attached hydrogens (primary N) is 1. The monoisotopic (exact) mass is 496 g/mol. The Labute approximate surface area is 202 Å². The Balaban J connectivity index is 2.61. The lowest BCUT2D eigenvalue weighted by Gasteiger charge is -2.19. The molecule has 0 aromatic heterocycles. The Morgan fingerprint density at radius 3 is 2.18 bits per heavy atom. The number of nitrogens with one attached hydrogen (secondary N) is 3. The van der Waals surface area contributed by atoms with Crippen molar-refractivity contribution in [3.8, 4) is 0 Å². The molecule has 188 valence electrons. The van der Waals surface area contributed by atoms with E-state index >= 15 is 0 Å². The molecule has 0 saturated carbocycles. The molecule has 3 amide bonds. The van der Waals surface area contributed by atoms with Gasteiger partial charge in [0, 0.05) is 17.7 Å². The molecule has 34 heavy (non-hydrogen) atoms. The number of hydrogen-bond acceptors (Lipinski definition) is 7. The maximum atomic E-state index is 12.3. The van der Waals surface area contributed by atoms with Gasteiger partial charge in [-0.1, -0.05) is 32.9 Å². The molecule has 0 bridgehead atoms. The average molecular weight is 497 g/mol. The number of carboxylic acid groups (broad SMARTS) is 2. The van der Waals surface area contributed by atoms with E-state index in [1.165, 1.54) is 0 Å². The molecule has 0 saturated heterocycles. The molecule has 1 aromatic rings. The van der Waals surface area contributed by atoms with E-state index in [9.17, 15) is 24.0 Å². The number of rotatable bonds is 13. The van der Waals surface area contributed by atoms with Gasteiger partial charge in [0.25, 0.3) is 5.91 Å². The summed E-state index contributed by atoms with van der Waals surface area (Å²) in [4.78, 5) is 58.2. The molecule has 0 fully saturated rings. The second-order valence-electron chi connectivity index (χ2n) is 8.56. The van der Waals surface area contributed by atoms with Crippen LogP contribution in [-0.4, -0.2) is 70.1 Å². The van der Waals surface area contributed by atoms with Gasteiger partial charge >= 0.3 is 11.9 Å². The fourth-order valence-electron chi connectivity index (χ4n) is 2.66. The van der Waals surface area contributed by atoms with Crippen molar-refractivity contribution >= 4 is 41.4 Å². The van der Waals surface area contributed by atoms with Crippen molar-refractivity contribution in [2.24, 2.45) is 5.73 Å². The van der Waals surface area contributed by atoms with Crippen molar-refractivity contribution in [1.82, 2.24) is 16.0 Å². The fourth-order valence-corrected chi connectivity index (χ4v) is 3.48. The minimum Gasteiger partial charge on any atom is -0.480 e. The minimum atomic E-state index is -1.25. The van der Waals surface area contributed by atoms with Gasteiger partial charge in [-0.25, -0.2) is 0 Å². The van der Waals surface area contributed by atoms with Crippen LogP contribution in [0.25, 0.3) is 0 Å². The summed E-state index contributed by atoms with van der Waals surface area (Å²) in [5.41, 5.74) is 6.90. The minimum absolute atomic E-state index is 0.0375. The van der Waals surface area contributed by atoms with Crippen LogP contribution in [0.1, 0.15) is 49.5 Å². The highest BCUT2D eigenvalue weighted by Crippen LogP contribution is 2.22. The summed E-state index contributed by atoms with van der Waals surface area (Å²) in [6.07, 6.45) is -0.343. The molecule has 2 atom stereocenters. The van der Waals surface area contributed by atoms with Gasteiger partial charge in [0.1, 0.15) is 18.6 Å². The zero-order valence-corrected chi connectivity index (χ0v) is 20.2. The topological polar surface area (TPSA) is 188 Å². The highest BCUT2D eigenvalue weighted by atomic mass is 32.2. The van der Waals surface area contributed by atoms with Gasteiger partial charge in [-0.3, -0.25) is 24.0 Å². The first-order chi connectivity index (χ1) is 15.8. The van der Waals surface area contributed by atoms with Crippen molar-refractivity contribution in [3.63, 3.8) is 0 Å². The van der Waals surface area contributed by atoms with Crippen LogP contribution in [-0.2, 0) is 24.6 Å². The van der Waals surface area contributed by atoms with E-state index in [1.54, 1.807) is 12.1 Å². The zero-order chi connectivity index (χ0) is 25.9. The molecule has 0 aliphatic carbocycles. The van der Waals surface area contributed by atoms with Gasteiger partial charge in [0.2, 0.25) is 11.8 Å². The second-order valence-corrected chi connectivity index (χ2v) is 9.59. The third kappa shape index (κ3) is 10.7. The number of thioether (sulfide) groups is 1. The van der Waals surface area contributed by atoms with Gasteiger partial charge in [-0.05, 0) is 29.5 Å². The molecule has 12 heteroatoms. The number of carboxylic acids is 2. The van der Waals surface area contributed by atoms with Crippen LogP contribution in [0.3, 0.4) is 0 Å². The lowest BCUT2D eigenvalue weighted by molar-refractivity contribution is -0.139. The number of carbonyl (C=O) groups excluding carboxylic acids is 3. The molecule has 0 heterocycles. The Kier molecular flexibility index (Phi) is 11.5. The van der Waals surface area contributed by atoms with Gasteiger partial charge in [0.05, 0.1) is 5.88 Å². The van der Waals surface area contributed by atoms with Crippen LogP contribution in [0.5, 0.6) is 0 Å². The maximum absolute atomic E-state index is 12.3. The molecular formula is C22H32N4O7S. The van der Waals surface area contributed by atoms with E-state index in [2.05, 4.69) is 36.7 Å². The molecule has 0 aliphatic rings. The molecule has 7 N–H and O–H groups in total. The summed E-state index contributed by atoms with van der Waals surface area (Å²) >= 11 is 1.15. The third-order valence-corrected chi connectivity index (χ3v) is 5.62. The number of hydrogen-bond donors (Lipinski definition) is 6. The predicted octanol–water partition coefficient (Wildman–Crippen LogP) is 0.282. The summed E-state index contributed by atoms with van der Waals surface area (Å²) in [5.74, 6) is -3.92. The summed E-state index contributed by atoms with van der Waals surface area (Å²) < 4.78 is 0. The molecule has 0 spiro atoms. The first-order valence-electron chi connectivity index (χ1n) is 10.5. The van der Waals surface area contributed by atoms with Crippen LogP contribution < -0.4 is 21.7 Å². The van der Waals surface area contributed by atoms with E-state index < -0.39 is 42.4 Å². The van der Waals surface area contributed by atoms with Gasteiger partial charge in [-0.2, -0.15) is 0 Å². The fraction of sp³-hybridized carbons (Fsp3) is 0.500. The quantitative estimate of drug-likeness (QED) is 0.165. The summed E-state index contributed by atoms with van der Waals surface area (Å²) in [6.45, 7) is 5.59. The third-order valence-electron chi connectivity index (χ3n) is 4.70. The first-order valence-corrected chi connectivity index (χ1v) is 11.7. The Morgan fingerprint density at radius 2 is 1.65 bits per heavy atom. The smallest absolute Gasteiger partial charge is 0.322 e. The molecule has 11 nitrogen and oxygen atoms in total. The largest absolute Gasteiger partial charge is 0.480 e. The standard InChI is InChI=1S/C22H32N4O7S/c1-22(2,3)14-6-4-13(5-7-14)19(30)25-12-34-11-16(20(31)24-10-18(28)29)26-17(27)9-8-15(23)21(32)33/h4-7,15-16H,8-12,23H2,1-3H3,(H,24,31)(H,25,30)(H,26,27)(H,28,29)(H,32,33). The molecule has 0 aliphatic heterocycles. The van der Waals surface area contributed by atoms with Crippen molar-refractivity contribution in [2.75, 3.05) is 18.2 Å². The lowest BCUT2D eigenvalue weighted by atomic mass is 9.87. The summed E-state index contributed by atoms with van der Waals surface area (Å²) in [6, 6.07) is 4.93. The zero-order valence-electron chi connectivity index (χ0n) is 19.4. The predicted molar refractivity (Wildman–Crippen MR) is 127 cm³/mol. The van der Waals surface area contributed by atoms with E-state index in [1.807, 2.05) is 12.1 Å². The van der Waals surface area contributed by atoms with Crippen LogP contribution in [0.15, 0.2) is 24.3 Å². The molecule has 1 aromatic carbocycles. The van der Waals surface area contributed by atoms with Gasteiger partial charge in [-0.15, -0.1) is 11.8 Å². The number of carbonyl (C=O) groups is 5. The highest BCUT2D eigenvalue weighted by molar-refractivity contribution is 7.99. The van der Waals surface area contributed by atoms with Crippen molar-refractivity contribution < 1.29 is 34.2 Å². The summed E-state index contributed by atoms with van der Waals surface area (Å²) in [5, 5.41) is 24.9. The van der Waals surface area contributed by atoms with Crippen LogP contribution in [0.2, 0.25) is 0 Å². The highest BCUT2D eigenvalue weighted by Gasteiger charge is 2.22. The van der Waals surface area contributed by atoms with Crippen molar-refractivity contribution in [1.29, 1.82) is 0 Å². The number of amides is 3. The lowest BCUT2D eigenvalue weighted by Crippen LogP contribution is -2.49. The van der Waals surface area contributed by atoms with Gasteiger partial charge < -0.3 is 31.9 Å². The molecule has 2 unspecified atom stereocenters. The Hall–Kier alpha value is -3.12. The van der Waals surface area contributed by atoms with E-state index in [-0.39, 0.29) is 35.8 Å². The first kappa shape index (κ1) is 28.9. The van der Waals surface area contributed by atoms with Crippen molar-refractivity contribution in [2.45, 2.75) is 51.1 Å². The van der Waals surface area contributed by atoms with Crippen LogP contribution >= 0.6 is 11.8 Å². The van der Waals surface area contributed by atoms with Crippen LogP contribution in [0.4, 0.5) is 0 Å². The SMILES string of the molecule is CC(C)(C)c1ccc(C(=O)NCSCC(NC(=O)CCC(N)C(=O)O)C(=O)NCC(=O)O)cc1. The van der Waals surface area contributed by atoms with Gasteiger partial charge in [0.15, 0.2) is 0 Å². The Morgan fingerprint density at radius 1 is 1.03 bits per heavy atom. The molecular weight excluding hydrogens is 464 g/mol. The second kappa shape index (κ2) is 13.6. The average Bonchev–Trinajstić information content (AvgIpc) is 2.76. The number of benzene rings is 1. The number of aliphatic carboxylic acids is 2. The molecule has 1 rings (SSSR count). The van der Waals surface area contributed by atoms with Crippen molar-refractivity contribution in [3.05, 3.63) is 35.4 Å². The Bertz CT molecular complexity index is 884. The maximum Gasteiger partial charge on any atom is 0.322 e. The normalized spacial score (nSPS) is 12.8.